The van der Waals surface area contributed by atoms with E-state index in [2.05, 4.69) is 76.9 Å². The quantitative estimate of drug-likeness (QED) is 0.651. The number of phenolic OH excluding ortho intramolecular Hbond substituents is 1. The van der Waals surface area contributed by atoms with Crippen LogP contribution in [-0.2, 0) is 6.54 Å². The summed E-state index contributed by atoms with van der Waals surface area (Å²) >= 11 is 1.74. The maximum atomic E-state index is 10.1. The van der Waals surface area contributed by atoms with Gasteiger partial charge in [-0.05, 0) is 59.5 Å². The minimum absolute atomic E-state index is 0.176. The molecule has 0 bridgehead atoms. The Balaban J connectivity index is 1.58. The molecule has 0 saturated carbocycles. The van der Waals surface area contributed by atoms with Crippen LogP contribution in [0, 0.1) is 0 Å². The molecule has 2 heterocycles. The highest BCUT2D eigenvalue weighted by Gasteiger charge is 2.35. The summed E-state index contributed by atoms with van der Waals surface area (Å²) in [6.07, 6.45) is 0. The van der Waals surface area contributed by atoms with Gasteiger partial charge in [-0.1, -0.05) is 42.5 Å². The highest BCUT2D eigenvalue weighted by Crippen LogP contribution is 2.35. The Hall–Kier alpha value is -2.14. The summed E-state index contributed by atoms with van der Waals surface area (Å²) in [5.74, 6) is 0.334. The molecule has 1 aliphatic rings. The first-order valence-corrected chi connectivity index (χ1v) is 10.9. The lowest BCUT2D eigenvalue weighted by molar-refractivity contribution is 0.0196. The molecule has 0 unspecified atom stereocenters. The van der Waals surface area contributed by atoms with Crippen molar-refractivity contribution in [1.29, 1.82) is 0 Å². The zero-order chi connectivity index (χ0) is 19.5. The monoisotopic (exact) mass is 392 g/mol. The Morgan fingerprint density at radius 3 is 2.50 bits per heavy atom. The summed E-state index contributed by atoms with van der Waals surface area (Å²) in [5, 5.41) is 14.4. The molecule has 3 nitrogen and oxygen atoms in total. The van der Waals surface area contributed by atoms with E-state index in [0.29, 0.717) is 17.8 Å². The average molecular weight is 393 g/mol. The van der Waals surface area contributed by atoms with E-state index >= 15 is 0 Å². The van der Waals surface area contributed by atoms with Crippen molar-refractivity contribution in [3.8, 4) is 5.75 Å². The van der Waals surface area contributed by atoms with Crippen molar-refractivity contribution in [2.45, 2.75) is 38.5 Å². The van der Waals surface area contributed by atoms with Gasteiger partial charge in [-0.25, -0.2) is 0 Å². The molecule has 28 heavy (non-hydrogen) atoms. The van der Waals surface area contributed by atoms with E-state index in [4.69, 9.17) is 0 Å². The molecule has 3 aromatic rings. The first kappa shape index (κ1) is 19.2. The lowest BCUT2D eigenvalue weighted by atomic mass is 9.95. The zero-order valence-corrected chi connectivity index (χ0v) is 17.3. The van der Waals surface area contributed by atoms with E-state index in [1.807, 2.05) is 12.1 Å². The number of hydrogen-bond donors (Lipinski definition) is 1. The minimum Gasteiger partial charge on any atom is -0.508 e. The molecule has 1 saturated heterocycles. The van der Waals surface area contributed by atoms with Gasteiger partial charge in [0.05, 0.1) is 6.04 Å². The third-order valence-electron chi connectivity index (χ3n) is 5.77. The Morgan fingerprint density at radius 1 is 0.964 bits per heavy atom. The molecule has 146 valence electrons. The molecule has 4 rings (SSSR count). The molecule has 0 aliphatic carbocycles. The normalized spacial score (nSPS) is 22.2. The second-order valence-corrected chi connectivity index (χ2v) is 8.64. The second-order valence-electron chi connectivity index (χ2n) is 7.86. The number of rotatable bonds is 5. The SMILES string of the molecule is C[C@@H]1CN([C@H](c2ccsc2)c2cccc(O)c2)[C@@H](C)CN1Cc1ccccc1. The average Bonchev–Trinajstić information content (AvgIpc) is 3.21. The van der Waals surface area contributed by atoms with Crippen LogP contribution >= 0.6 is 11.3 Å². The van der Waals surface area contributed by atoms with E-state index in [0.717, 1.165) is 25.2 Å². The molecule has 1 fully saturated rings. The Bertz CT molecular complexity index is 881. The van der Waals surface area contributed by atoms with Crippen LogP contribution in [0.5, 0.6) is 5.75 Å². The van der Waals surface area contributed by atoms with Crippen molar-refractivity contribution < 1.29 is 5.11 Å². The van der Waals surface area contributed by atoms with Gasteiger partial charge in [-0.15, -0.1) is 0 Å². The minimum atomic E-state index is 0.176. The number of thiophene rings is 1. The third kappa shape index (κ3) is 4.14. The highest BCUT2D eigenvalue weighted by molar-refractivity contribution is 7.08. The van der Waals surface area contributed by atoms with E-state index in [9.17, 15) is 5.11 Å². The number of hydrogen-bond acceptors (Lipinski definition) is 4. The second kappa shape index (κ2) is 8.48. The molecule has 3 atom stereocenters. The molecule has 0 radical (unpaired) electrons. The fourth-order valence-electron chi connectivity index (χ4n) is 4.32. The fraction of sp³-hybridized carbons (Fsp3) is 0.333. The summed E-state index contributed by atoms with van der Waals surface area (Å²) in [5.41, 5.74) is 3.84. The van der Waals surface area contributed by atoms with Gasteiger partial charge in [-0.3, -0.25) is 9.80 Å². The first-order valence-electron chi connectivity index (χ1n) is 9.96. The molecule has 1 N–H and O–H groups in total. The number of phenols is 1. The highest BCUT2D eigenvalue weighted by atomic mass is 32.1. The van der Waals surface area contributed by atoms with E-state index in [1.165, 1.54) is 11.1 Å². The van der Waals surface area contributed by atoms with Gasteiger partial charge in [0, 0.05) is 31.7 Å². The maximum Gasteiger partial charge on any atom is 0.115 e. The van der Waals surface area contributed by atoms with E-state index < -0.39 is 0 Å². The van der Waals surface area contributed by atoms with Gasteiger partial charge in [0.2, 0.25) is 0 Å². The van der Waals surface area contributed by atoms with Crippen LogP contribution in [0.1, 0.15) is 36.6 Å². The van der Waals surface area contributed by atoms with Crippen LogP contribution in [0.25, 0.3) is 0 Å². The van der Waals surface area contributed by atoms with Crippen molar-refractivity contribution >= 4 is 11.3 Å². The largest absolute Gasteiger partial charge is 0.508 e. The summed E-state index contributed by atoms with van der Waals surface area (Å²) in [6.45, 7) is 7.69. The number of piperazine rings is 1. The van der Waals surface area contributed by atoms with Gasteiger partial charge in [-0.2, -0.15) is 11.3 Å². The number of nitrogens with zero attached hydrogens (tertiary/aromatic N) is 2. The van der Waals surface area contributed by atoms with Gasteiger partial charge >= 0.3 is 0 Å². The smallest absolute Gasteiger partial charge is 0.115 e. The fourth-order valence-corrected chi connectivity index (χ4v) is 5.00. The predicted octanol–water partition coefficient (Wildman–Crippen LogP) is 5.14. The van der Waals surface area contributed by atoms with E-state index in [-0.39, 0.29) is 6.04 Å². The summed E-state index contributed by atoms with van der Waals surface area (Å²) in [4.78, 5) is 5.19. The Morgan fingerprint density at radius 2 is 1.79 bits per heavy atom. The van der Waals surface area contributed by atoms with Gasteiger partial charge < -0.3 is 5.11 Å². The van der Waals surface area contributed by atoms with Crippen molar-refractivity contribution in [3.63, 3.8) is 0 Å². The van der Waals surface area contributed by atoms with Crippen LogP contribution in [0.15, 0.2) is 71.4 Å². The Kier molecular flexibility index (Phi) is 5.81. The van der Waals surface area contributed by atoms with Crippen LogP contribution in [0.3, 0.4) is 0 Å². The summed E-state index contributed by atoms with van der Waals surface area (Å²) < 4.78 is 0. The van der Waals surface area contributed by atoms with Gasteiger partial charge in [0.15, 0.2) is 0 Å². The van der Waals surface area contributed by atoms with Crippen LogP contribution in [0.2, 0.25) is 0 Å². The first-order chi connectivity index (χ1) is 13.6. The topological polar surface area (TPSA) is 26.7 Å². The molecule has 4 heteroatoms. The lowest BCUT2D eigenvalue weighted by Gasteiger charge is -2.47. The number of benzene rings is 2. The summed E-state index contributed by atoms with van der Waals surface area (Å²) in [6, 6.07) is 21.8. The van der Waals surface area contributed by atoms with Crippen LogP contribution in [0.4, 0.5) is 0 Å². The zero-order valence-electron chi connectivity index (χ0n) is 16.5. The van der Waals surface area contributed by atoms with Crippen molar-refractivity contribution in [2.75, 3.05) is 13.1 Å². The van der Waals surface area contributed by atoms with Crippen molar-refractivity contribution in [1.82, 2.24) is 9.80 Å². The number of aromatic hydroxyl groups is 1. The van der Waals surface area contributed by atoms with Crippen LogP contribution < -0.4 is 0 Å². The molecule has 1 aromatic heterocycles. The van der Waals surface area contributed by atoms with Crippen LogP contribution in [-0.4, -0.2) is 40.1 Å². The van der Waals surface area contributed by atoms with Gasteiger partial charge in [0.25, 0.3) is 0 Å². The van der Waals surface area contributed by atoms with Crippen molar-refractivity contribution in [2.24, 2.45) is 0 Å². The lowest BCUT2D eigenvalue weighted by Crippen LogP contribution is -2.56. The Labute approximate surface area is 171 Å². The summed E-state index contributed by atoms with van der Waals surface area (Å²) in [7, 11) is 0. The van der Waals surface area contributed by atoms with Gasteiger partial charge in [0.1, 0.15) is 5.75 Å². The molecule has 0 spiro atoms. The molecule has 2 aromatic carbocycles. The van der Waals surface area contributed by atoms with Crippen molar-refractivity contribution in [3.05, 3.63) is 88.1 Å². The molecular formula is C24H28N2OS. The molecule has 0 amide bonds. The maximum absolute atomic E-state index is 10.1. The molecule has 1 aliphatic heterocycles. The molecular weight excluding hydrogens is 364 g/mol. The standard InChI is InChI=1S/C24H28N2OS/c1-18-15-26(19(2)14-25(18)16-20-7-4-3-5-8-20)24(22-11-12-28-17-22)21-9-6-10-23(27)13-21/h3-13,17-19,24,27H,14-16H2,1-2H3/t18-,19+,24+/m1/s1. The third-order valence-corrected chi connectivity index (χ3v) is 6.47. The van der Waals surface area contributed by atoms with E-state index in [1.54, 1.807) is 17.4 Å². The predicted molar refractivity (Wildman–Crippen MR) is 117 cm³/mol.